The molecule has 0 amide bonds. The minimum atomic E-state index is -0.222. The van der Waals surface area contributed by atoms with Gasteiger partial charge in [-0.2, -0.15) is 0 Å². The van der Waals surface area contributed by atoms with Gasteiger partial charge < -0.3 is 4.74 Å². The van der Waals surface area contributed by atoms with E-state index in [1.165, 1.54) is 0 Å². The van der Waals surface area contributed by atoms with E-state index in [0.717, 1.165) is 57.8 Å². The van der Waals surface area contributed by atoms with Crippen molar-refractivity contribution in [3.63, 3.8) is 0 Å². The molecule has 0 saturated carbocycles. The maximum absolute atomic E-state index is 11.3. The Morgan fingerprint density at radius 1 is 0.690 bits per heavy atom. The summed E-state index contributed by atoms with van der Waals surface area (Å²) in [5.74, 6) is 0.126. The summed E-state index contributed by atoms with van der Waals surface area (Å²) < 4.78 is 5.57. The zero-order chi connectivity index (χ0) is 21.4. The number of carbonyl (C=O) groups excluding carboxylic acids is 1. The van der Waals surface area contributed by atoms with Crippen LogP contribution < -0.4 is 0 Å². The Kier molecular flexibility index (Phi) is 20.9. The molecule has 0 aliphatic rings. The third-order valence-electron chi connectivity index (χ3n) is 4.25. The van der Waals surface area contributed by atoms with Crippen LogP contribution in [0.4, 0.5) is 0 Å². The van der Waals surface area contributed by atoms with Crippen molar-refractivity contribution in [2.75, 3.05) is 6.61 Å². The molecule has 0 aliphatic carbocycles. The second kappa shape index (κ2) is 22.4. The van der Waals surface area contributed by atoms with Crippen molar-refractivity contribution in [2.24, 2.45) is 0 Å². The van der Waals surface area contributed by atoms with Gasteiger partial charge in [0.25, 0.3) is 0 Å². The molecule has 29 heavy (non-hydrogen) atoms. The summed E-state index contributed by atoms with van der Waals surface area (Å²) in [4.78, 5) is 11.3. The van der Waals surface area contributed by atoms with Crippen molar-refractivity contribution in [1.29, 1.82) is 0 Å². The maximum atomic E-state index is 11.3. The van der Waals surface area contributed by atoms with Crippen molar-refractivity contribution < 1.29 is 9.53 Å². The highest BCUT2D eigenvalue weighted by atomic mass is 16.5. The zero-order valence-corrected chi connectivity index (χ0v) is 18.9. The van der Waals surface area contributed by atoms with Gasteiger partial charge in [0.2, 0.25) is 0 Å². The first-order valence-electron chi connectivity index (χ1n) is 11.2. The molecule has 2 nitrogen and oxygen atoms in total. The molecule has 2 heteroatoms. The number of ketones is 1. The van der Waals surface area contributed by atoms with Crippen molar-refractivity contribution in [3.05, 3.63) is 72.9 Å². The topological polar surface area (TPSA) is 26.3 Å². The molecule has 1 unspecified atom stereocenters. The first-order valence-corrected chi connectivity index (χ1v) is 11.2. The molecule has 0 radical (unpaired) electrons. The molecule has 0 aromatic heterocycles. The SMILES string of the molecule is CC/C=C\C/C=C\C/C=C\C/C=C\C/C=C\C/C=C\CCCOC(CC)C(C)=O. The van der Waals surface area contributed by atoms with Crippen LogP contribution in [-0.4, -0.2) is 18.5 Å². The number of allylic oxidation sites excluding steroid dienone is 12. The molecule has 1 atom stereocenters. The van der Waals surface area contributed by atoms with E-state index in [2.05, 4.69) is 79.8 Å². The van der Waals surface area contributed by atoms with Gasteiger partial charge in [0.1, 0.15) is 6.10 Å². The summed E-state index contributed by atoms with van der Waals surface area (Å²) in [6.07, 6.45) is 35.1. The molecule has 0 heterocycles. The normalized spacial score (nSPS) is 14.0. The van der Waals surface area contributed by atoms with Gasteiger partial charge in [-0.3, -0.25) is 4.79 Å². The molecule has 0 bridgehead atoms. The van der Waals surface area contributed by atoms with Crippen LogP contribution in [0.5, 0.6) is 0 Å². The van der Waals surface area contributed by atoms with Gasteiger partial charge in [-0.1, -0.05) is 86.8 Å². The van der Waals surface area contributed by atoms with Crippen molar-refractivity contribution in [2.45, 2.75) is 84.7 Å². The van der Waals surface area contributed by atoms with E-state index in [9.17, 15) is 4.79 Å². The molecule has 0 aliphatic heterocycles. The molecule has 0 N–H and O–H groups in total. The largest absolute Gasteiger partial charge is 0.370 e. The van der Waals surface area contributed by atoms with Gasteiger partial charge >= 0.3 is 0 Å². The Bertz CT molecular complexity index is 547. The Morgan fingerprint density at radius 3 is 1.48 bits per heavy atom. The van der Waals surface area contributed by atoms with Gasteiger partial charge in [-0.25, -0.2) is 0 Å². The zero-order valence-electron chi connectivity index (χ0n) is 18.9. The van der Waals surface area contributed by atoms with Gasteiger partial charge in [0.15, 0.2) is 5.78 Å². The number of hydrogen-bond donors (Lipinski definition) is 0. The second-order valence-electron chi connectivity index (χ2n) is 6.94. The number of ether oxygens (including phenoxy) is 1. The van der Waals surface area contributed by atoms with E-state index in [4.69, 9.17) is 4.74 Å². The Balaban J connectivity index is 3.56. The number of hydrogen-bond acceptors (Lipinski definition) is 2. The minimum Gasteiger partial charge on any atom is -0.370 e. The van der Waals surface area contributed by atoms with Gasteiger partial charge in [0.05, 0.1) is 0 Å². The van der Waals surface area contributed by atoms with Crippen molar-refractivity contribution >= 4 is 5.78 Å². The van der Waals surface area contributed by atoms with E-state index in [0.29, 0.717) is 6.61 Å². The Labute approximate surface area is 179 Å². The number of Topliss-reactive ketones (excluding diaryl/α,β-unsaturated/α-hetero) is 1. The monoisotopic (exact) mass is 398 g/mol. The van der Waals surface area contributed by atoms with Gasteiger partial charge in [0, 0.05) is 6.61 Å². The van der Waals surface area contributed by atoms with Crippen LogP contribution in [0.2, 0.25) is 0 Å². The van der Waals surface area contributed by atoms with Crippen molar-refractivity contribution in [1.82, 2.24) is 0 Å². The molecular weight excluding hydrogens is 356 g/mol. The van der Waals surface area contributed by atoms with Crippen molar-refractivity contribution in [3.8, 4) is 0 Å². The second-order valence-corrected chi connectivity index (χ2v) is 6.94. The third-order valence-corrected chi connectivity index (χ3v) is 4.25. The molecule has 0 spiro atoms. The van der Waals surface area contributed by atoms with E-state index >= 15 is 0 Å². The summed E-state index contributed by atoms with van der Waals surface area (Å²) in [5, 5.41) is 0. The molecule has 0 aromatic rings. The molecule has 0 rings (SSSR count). The maximum Gasteiger partial charge on any atom is 0.158 e. The fourth-order valence-corrected chi connectivity index (χ4v) is 2.59. The van der Waals surface area contributed by atoms with E-state index < -0.39 is 0 Å². The molecule has 162 valence electrons. The van der Waals surface area contributed by atoms with Crippen LogP contribution in [0.1, 0.15) is 78.6 Å². The van der Waals surface area contributed by atoms with E-state index in [1.54, 1.807) is 6.92 Å². The number of unbranched alkanes of at least 4 members (excludes halogenated alkanes) is 1. The Hall–Kier alpha value is -1.93. The lowest BCUT2D eigenvalue weighted by molar-refractivity contribution is -0.128. The first-order chi connectivity index (χ1) is 14.2. The average molecular weight is 399 g/mol. The van der Waals surface area contributed by atoms with Crippen LogP contribution in [0, 0.1) is 0 Å². The quantitative estimate of drug-likeness (QED) is 0.173. The lowest BCUT2D eigenvalue weighted by Crippen LogP contribution is -2.21. The summed E-state index contributed by atoms with van der Waals surface area (Å²) in [5.41, 5.74) is 0. The fraction of sp³-hybridized carbons (Fsp3) is 0.519. The lowest BCUT2D eigenvalue weighted by Gasteiger charge is -2.11. The molecular formula is C27H42O2. The highest BCUT2D eigenvalue weighted by molar-refractivity contribution is 5.80. The summed E-state index contributed by atoms with van der Waals surface area (Å²) in [7, 11) is 0. The smallest absolute Gasteiger partial charge is 0.158 e. The highest BCUT2D eigenvalue weighted by Gasteiger charge is 2.10. The number of rotatable bonds is 18. The van der Waals surface area contributed by atoms with E-state index in [-0.39, 0.29) is 11.9 Å². The van der Waals surface area contributed by atoms with Crippen LogP contribution in [0.3, 0.4) is 0 Å². The van der Waals surface area contributed by atoms with Crippen LogP contribution in [0.25, 0.3) is 0 Å². The third kappa shape index (κ3) is 20.6. The lowest BCUT2D eigenvalue weighted by atomic mass is 10.2. The highest BCUT2D eigenvalue weighted by Crippen LogP contribution is 2.02. The summed E-state index contributed by atoms with van der Waals surface area (Å²) >= 11 is 0. The van der Waals surface area contributed by atoms with Crippen LogP contribution >= 0.6 is 0 Å². The Morgan fingerprint density at radius 2 is 1.10 bits per heavy atom. The molecule has 0 aromatic carbocycles. The fourth-order valence-electron chi connectivity index (χ4n) is 2.59. The predicted molar refractivity (Wildman–Crippen MR) is 128 cm³/mol. The summed E-state index contributed by atoms with van der Waals surface area (Å²) in [6, 6.07) is 0. The molecule has 0 fully saturated rings. The molecule has 0 saturated heterocycles. The minimum absolute atomic E-state index is 0.126. The van der Waals surface area contributed by atoms with Crippen LogP contribution in [0.15, 0.2) is 72.9 Å². The van der Waals surface area contributed by atoms with Crippen LogP contribution in [-0.2, 0) is 9.53 Å². The van der Waals surface area contributed by atoms with Gasteiger partial charge in [-0.15, -0.1) is 0 Å². The standard InChI is InChI=1S/C27H42O2/c1-4-6-7-8-9-10-11-12-13-14-15-16-17-18-19-20-21-22-23-24-25-29-27(5-2)26(3)28/h6-7,9-10,12-13,15-16,18-19,21-22,27H,4-5,8,11,14,17,20,23-25H2,1-3H3/b7-6-,10-9-,13-12-,16-15-,19-18-,22-21-. The average Bonchev–Trinajstić information content (AvgIpc) is 2.71. The predicted octanol–water partition coefficient (Wildman–Crippen LogP) is 7.85. The van der Waals surface area contributed by atoms with E-state index in [1.807, 2.05) is 6.92 Å². The first kappa shape index (κ1) is 27.1. The number of carbonyl (C=O) groups is 1. The van der Waals surface area contributed by atoms with Gasteiger partial charge in [-0.05, 0) is 64.7 Å². The summed E-state index contributed by atoms with van der Waals surface area (Å²) in [6.45, 7) is 6.39.